The summed E-state index contributed by atoms with van der Waals surface area (Å²) in [5.41, 5.74) is 0.579. The van der Waals surface area contributed by atoms with Gasteiger partial charge in [-0.05, 0) is 58.5 Å². The fraction of sp³-hybridized carbons (Fsp3) is 0.176. The largest absolute Gasteiger partial charge is 0.416 e. The van der Waals surface area contributed by atoms with E-state index in [1.807, 2.05) is 22.6 Å². The minimum atomic E-state index is -4.47. The van der Waals surface area contributed by atoms with Crippen LogP contribution in [0, 0.1) is 3.57 Å². The predicted octanol–water partition coefficient (Wildman–Crippen LogP) is 4.45. The van der Waals surface area contributed by atoms with Gasteiger partial charge in [0.25, 0.3) is 0 Å². The van der Waals surface area contributed by atoms with E-state index in [-0.39, 0.29) is 18.0 Å². The fourth-order valence-corrected chi connectivity index (χ4v) is 2.56. The zero-order valence-electron chi connectivity index (χ0n) is 13.1. The normalized spacial score (nSPS) is 11.1. The summed E-state index contributed by atoms with van der Waals surface area (Å²) in [6.45, 7) is 1.39. The molecule has 0 aliphatic carbocycles. The first-order chi connectivity index (χ1) is 11.6. The van der Waals surface area contributed by atoms with Crippen LogP contribution in [0.15, 0.2) is 42.5 Å². The van der Waals surface area contributed by atoms with Crippen molar-refractivity contribution in [1.82, 2.24) is 0 Å². The molecule has 0 aliphatic rings. The SMILES string of the molecule is CC(=O)Nc1ccc(CC(=O)Nc2cc(C(F)(F)F)ccc2I)cc1. The first-order valence-corrected chi connectivity index (χ1v) is 8.26. The summed E-state index contributed by atoms with van der Waals surface area (Å²) in [6.07, 6.45) is -4.46. The number of rotatable bonds is 4. The molecule has 0 saturated heterocycles. The quantitative estimate of drug-likeness (QED) is 0.660. The van der Waals surface area contributed by atoms with Gasteiger partial charge in [-0.1, -0.05) is 12.1 Å². The van der Waals surface area contributed by atoms with Gasteiger partial charge >= 0.3 is 6.18 Å². The van der Waals surface area contributed by atoms with Crippen molar-refractivity contribution in [2.45, 2.75) is 19.5 Å². The molecule has 0 heterocycles. The summed E-state index contributed by atoms with van der Waals surface area (Å²) in [6, 6.07) is 9.83. The average molecular weight is 462 g/mol. The standard InChI is InChI=1S/C17H14F3IN2O2/c1-10(24)22-13-5-2-11(3-6-13)8-16(25)23-15-9-12(17(18,19)20)4-7-14(15)21/h2-7,9H,8H2,1H3,(H,22,24)(H,23,25). The molecule has 0 bridgehead atoms. The van der Waals surface area contributed by atoms with Crippen molar-refractivity contribution < 1.29 is 22.8 Å². The molecule has 0 radical (unpaired) electrons. The van der Waals surface area contributed by atoms with Crippen LogP contribution >= 0.6 is 22.6 Å². The molecule has 8 heteroatoms. The third kappa shape index (κ3) is 5.73. The van der Waals surface area contributed by atoms with E-state index >= 15 is 0 Å². The van der Waals surface area contributed by atoms with E-state index in [1.165, 1.54) is 13.0 Å². The van der Waals surface area contributed by atoms with Crippen molar-refractivity contribution in [3.8, 4) is 0 Å². The van der Waals surface area contributed by atoms with E-state index in [9.17, 15) is 22.8 Å². The Morgan fingerprint density at radius 3 is 2.24 bits per heavy atom. The number of carbonyl (C=O) groups excluding carboxylic acids is 2. The monoisotopic (exact) mass is 462 g/mol. The summed E-state index contributed by atoms with van der Waals surface area (Å²) in [4.78, 5) is 23.0. The van der Waals surface area contributed by atoms with Crippen molar-refractivity contribution in [3.05, 3.63) is 57.2 Å². The van der Waals surface area contributed by atoms with Gasteiger partial charge in [0, 0.05) is 16.2 Å². The van der Waals surface area contributed by atoms with Crippen LogP contribution in [0.3, 0.4) is 0 Å². The van der Waals surface area contributed by atoms with Crippen LogP contribution in [-0.4, -0.2) is 11.8 Å². The lowest BCUT2D eigenvalue weighted by atomic mass is 10.1. The maximum atomic E-state index is 12.8. The van der Waals surface area contributed by atoms with E-state index in [0.29, 0.717) is 14.8 Å². The number of hydrogen-bond acceptors (Lipinski definition) is 2. The zero-order chi connectivity index (χ0) is 18.6. The number of halogens is 4. The molecule has 0 aromatic heterocycles. The van der Waals surface area contributed by atoms with E-state index in [4.69, 9.17) is 0 Å². The lowest BCUT2D eigenvalue weighted by Gasteiger charge is -2.12. The van der Waals surface area contributed by atoms with E-state index in [1.54, 1.807) is 24.3 Å². The molecule has 4 nitrogen and oxygen atoms in total. The van der Waals surface area contributed by atoms with Gasteiger partial charge in [0.05, 0.1) is 17.7 Å². The Morgan fingerprint density at radius 1 is 1.04 bits per heavy atom. The van der Waals surface area contributed by atoms with E-state index < -0.39 is 17.6 Å². The Hall–Kier alpha value is -2.10. The molecule has 25 heavy (non-hydrogen) atoms. The third-order valence-electron chi connectivity index (χ3n) is 3.21. The molecule has 2 rings (SSSR count). The van der Waals surface area contributed by atoms with Crippen molar-refractivity contribution in [2.24, 2.45) is 0 Å². The van der Waals surface area contributed by atoms with Gasteiger partial charge < -0.3 is 10.6 Å². The number of alkyl halides is 3. The van der Waals surface area contributed by atoms with Gasteiger partial charge in [-0.15, -0.1) is 0 Å². The van der Waals surface area contributed by atoms with Crippen LogP contribution in [0.2, 0.25) is 0 Å². The van der Waals surface area contributed by atoms with Gasteiger partial charge in [-0.2, -0.15) is 13.2 Å². The summed E-state index contributed by atoms with van der Waals surface area (Å²) < 4.78 is 38.8. The second kappa shape index (κ2) is 7.85. The predicted molar refractivity (Wildman–Crippen MR) is 97.2 cm³/mol. The molecule has 132 valence electrons. The molecule has 0 spiro atoms. The first-order valence-electron chi connectivity index (χ1n) is 7.18. The highest BCUT2D eigenvalue weighted by Gasteiger charge is 2.31. The molecular weight excluding hydrogens is 448 g/mol. The lowest BCUT2D eigenvalue weighted by molar-refractivity contribution is -0.137. The second-order valence-electron chi connectivity index (χ2n) is 5.30. The number of hydrogen-bond donors (Lipinski definition) is 2. The Kier molecular flexibility index (Phi) is 6.04. The molecule has 0 saturated carbocycles. The van der Waals surface area contributed by atoms with Gasteiger partial charge in [0.15, 0.2) is 0 Å². The second-order valence-corrected chi connectivity index (χ2v) is 6.46. The number of anilines is 2. The maximum absolute atomic E-state index is 12.8. The summed E-state index contributed by atoms with van der Waals surface area (Å²) in [7, 11) is 0. The summed E-state index contributed by atoms with van der Waals surface area (Å²) in [5.74, 6) is -0.630. The Morgan fingerprint density at radius 2 is 1.68 bits per heavy atom. The van der Waals surface area contributed by atoms with Crippen molar-refractivity contribution in [2.75, 3.05) is 10.6 Å². The summed E-state index contributed by atoms with van der Waals surface area (Å²) >= 11 is 1.86. The average Bonchev–Trinajstić information content (AvgIpc) is 2.50. The third-order valence-corrected chi connectivity index (χ3v) is 4.15. The summed E-state index contributed by atoms with van der Waals surface area (Å²) in [5, 5.41) is 5.11. The highest BCUT2D eigenvalue weighted by molar-refractivity contribution is 14.1. The smallest absolute Gasteiger partial charge is 0.326 e. The van der Waals surface area contributed by atoms with Crippen LogP contribution in [0.25, 0.3) is 0 Å². The van der Waals surface area contributed by atoms with Gasteiger partial charge in [0.2, 0.25) is 11.8 Å². The molecule has 0 fully saturated rings. The molecule has 0 atom stereocenters. The van der Waals surface area contributed by atoms with Gasteiger partial charge in [-0.3, -0.25) is 9.59 Å². The minimum absolute atomic E-state index is 0.00662. The molecule has 0 aliphatic heterocycles. The molecule has 2 N–H and O–H groups in total. The van der Waals surface area contributed by atoms with Crippen molar-refractivity contribution >= 4 is 45.8 Å². The molecule has 2 aromatic carbocycles. The number of nitrogens with one attached hydrogen (secondary N) is 2. The number of carbonyl (C=O) groups is 2. The topological polar surface area (TPSA) is 58.2 Å². The fourth-order valence-electron chi connectivity index (χ4n) is 2.09. The number of benzene rings is 2. The highest BCUT2D eigenvalue weighted by atomic mass is 127. The van der Waals surface area contributed by atoms with Crippen LogP contribution in [-0.2, 0) is 22.2 Å². The molecule has 2 amide bonds. The van der Waals surface area contributed by atoms with Gasteiger partial charge in [-0.25, -0.2) is 0 Å². The van der Waals surface area contributed by atoms with Crippen LogP contribution in [0.1, 0.15) is 18.1 Å². The van der Waals surface area contributed by atoms with Crippen LogP contribution in [0.5, 0.6) is 0 Å². The van der Waals surface area contributed by atoms with Gasteiger partial charge in [0.1, 0.15) is 0 Å². The Labute approximate surface area is 155 Å². The minimum Gasteiger partial charge on any atom is -0.326 e. The first kappa shape index (κ1) is 19.2. The van der Waals surface area contributed by atoms with E-state index in [2.05, 4.69) is 10.6 Å². The zero-order valence-corrected chi connectivity index (χ0v) is 15.2. The van der Waals surface area contributed by atoms with Crippen LogP contribution in [0.4, 0.5) is 24.5 Å². The maximum Gasteiger partial charge on any atom is 0.416 e. The van der Waals surface area contributed by atoms with Crippen molar-refractivity contribution in [3.63, 3.8) is 0 Å². The van der Waals surface area contributed by atoms with E-state index in [0.717, 1.165) is 12.1 Å². The van der Waals surface area contributed by atoms with Crippen molar-refractivity contribution in [1.29, 1.82) is 0 Å². The lowest BCUT2D eigenvalue weighted by Crippen LogP contribution is -2.16. The number of amides is 2. The molecule has 0 unspecified atom stereocenters. The Bertz CT molecular complexity index is 789. The molecule has 2 aromatic rings. The highest BCUT2D eigenvalue weighted by Crippen LogP contribution is 2.32. The Balaban J connectivity index is 2.06. The van der Waals surface area contributed by atoms with Crippen LogP contribution < -0.4 is 10.6 Å². The molecular formula is C17H14F3IN2O2.